The van der Waals surface area contributed by atoms with Crippen LogP contribution >= 0.6 is 0 Å². The summed E-state index contributed by atoms with van der Waals surface area (Å²) in [6, 6.07) is 13.5. The van der Waals surface area contributed by atoms with E-state index in [-0.39, 0.29) is 17.6 Å². The lowest BCUT2D eigenvalue weighted by Crippen LogP contribution is -2.31. The van der Waals surface area contributed by atoms with Crippen LogP contribution in [0.5, 0.6) is 0 Å². The zero-order valence-electron chi connectivity index (χ0n) is 14.9. The van der Waals surface area contributed by atoms with E-state index in [1.807, 2.05) is 6.07 Å². The molecule has 0 N–H and O–H groups in total. The van der Waals surface area contributed by atoms with Crippen molar-refractivity contribution in [2.75, 3.05) is 6.54 Å². The van der Waals surface area contributed by atoms with Crippen LogP contribution in [0.1, 0.15) is 40.8 Å². The van der Waals surface area contributed by atoms with Crippen LogP contribution in [0.3, 0.4) is 0 Å². The summed E-state index contributed by atoms with van der Waals surface area (Å²) in [6.07, 6.45) is 2.94. The van der Waals surface area contributed by atoms with E-state index in [2.05, 4.69) is 15.2 Å². The van der Waals surface area contributed by atoms with E-state index in [1.165, 1.54) is 0 Å². The third-order valence-electron chi connectivity index (χ3n) is 4.57. The van der Waals surface area contributed by atoms with Gasteiger partial charge in [0.15, 0.2) is 0 Å². The van der Waals surface area contributed by atoms with Crippen molar-refractivity contribution in [2.24, 2.45) is 0 Å². The average molecular weight is 398 g/mol. The van der Waals surface area contributed by atoms with Gasteiger partial charge in [-0.3, -0.25) is 9.78 Å². The largest absolute Gasteiger partial charge is 0.410 e. The molecule has 8 nitrogen and oxygen atoms in total. The molecule has 1 atom stereocenters. The van der Waals surface area contributed by atoms with Gasteiger partial charge in [0.05, 0.1) is 5.75 Å². The number of hydrogen-bond donors (Lipinski definition) is 0. The van der Waals surface area contributed by atoms with Gasteiger partial charge in [-0.2, -0.15) is 0 Å². The van der Waals surface area contributed by atoms with Crippen LogP contribution < -0.4 is 0 Å². The summed E-state index contributed by atoms with van der Waals surface area (Å²) in [5.74, 6) is -0.333. The molecule has 0 saturated carbocycles. The minimum atomic E-state index is -3.77. The van der Waals surface area contributed by atoms with Gasteiger partial charge >= 0.3 is 5.22 Å². The first-order chi connectivity index (χ1) is 13.5. The quantitative estimate of drug-likeness (QED) is 0.650. The molecule has 1 amide bonds. The number of aromatic nitrogens is 3. The van der Waals surface area contributed by atoms with Gasteiger partial charge in [0, 0.05) is 12.7 Å². The molecule has 28 heavy (non-hydrogen) atoms. The molecule has 0 aliphatic carbocycles. The summed E-state index contributed by atoms with van der Waals surface area (Å²) in [5.41, 5.74) is 0.959. The number of nitrogens with zero attached hydrogens (tertiary/aromatic N) is 4. The Morgan fingerprint density at radius 2 is 1.89 bits per heavy atom. The van der Waals surface area contributed by atoms with Gasteiger partial charge in [-0.25, -0.2) is 8.42 Å². The molecule has 1 fully saturated rings. The molecule has 0 bridgehead atoms. The van der Waals surface area contributed by atoms with E-state index in [4.69, 9.17) is 4.42 Å². The number of hydrogen-bond acceptors (Lipinski definition) is 7. The maximum Gasteiger partial charge on any atom is 0.335 e. The zero-order chi connectivity index (χ0) is 19.6. The fourth-order valence-corrected chi connectivity index (χ4v) is 4.37. The standard InChI is InChI=1S/C19H18N4O4S/c24-18(15-9-4-5-11-20-15)23-12-6-10-16(23)17-21-22-19(27-17)28(25,26)13-14-7-2-1-3-8-14/h1-5,7-9,11,16H,6,10,12-13H2/t16-/m0/s1. The van der Waals surface area contributed by atoms with E-state index in [0.29, 0.717) is 24.2 Å². The fraction of sp³-hybridized carbons (Fsp3) is 0.263. The molecule has 2 aromatic heterocycles. The van der Waals surface area contributed by atoms with Gasteiger partial charge in [-0.1, -0.05) is 41.5 Å². The summed E-state index contributed by atoms with van der Waals surface area (Å²) in [5, 5.41) is 7.23. The first kappa shape index (κ1) is 18.3. The van der Waals surface area contributed by atoms with Crippen LogP contribution in [0, 0.1) is 0 Å². The molecule has 0 spiro atoms. The minimum Gasteiger partial charge on any atom is -0.410 e. The van der Waals surface area contributed by atoms with Gasteiger partial charge in [0.2, 0.25) is 15.7 Å². The lowest BCUT2D eigenvalue weighted by atomic mass is 10.2. The molecule has 0 unspecified atom stereocenters. The lowest BCUT2D eigenvalue weighted by molar-refractivity contribution is 0.0706. The molecular formula is C19H18N4O4S. The highest BCUT2D eigenvalue weighted by molar-refractivity contribution is 7.90. The van der Waals surface area contributed by atoms with E-state index < -0.39 is 21.1 Å². The van der Waals surface area contributed by atoms with Crippen LogP contribution in [0.15, 0.2) is 64.4 Å². The van der Waals surface area contributed by atoms with Crippen molar-refractivity contribution in [3.05, 3.63) is 71.9 Å². The van der Waals surface area contributed by atoms with Crippen LogP contribution in [0.25, 0.3) is 0 Å². The molecule has 1 aliphatic heterocycles. The highest BCUT2D eigenvalue weighted by atomic mass is 32.2. The van der Waals surface area contributed by atoms with Crippen LogP contribution in [0.4, 0.5) is 0 Å². The van der Waals surface area contributed by atoms with Crippen molar-refractivity contribution in [1.29, 1.82) is 0 Å². The van der Waals surface area contributed by atoms with Crippen molar-refractivity contribution in [3.63, 3.8) is 0 Å². The Kier molecular flexibility index (Phi) is 4.91. The number of carbonyl (C=O) groups excluding carboxylic acids is 1. The number of pyridine rings is 1. The van der Waals surface area contributed by atoms with Crippen molar-refractivity contribution < 1.29 is 17.6 Å². The maximum atomic E-state index is 12.7. The summed E-state index contributed by atoms with van der Waals surface area (Å²) < 4.78 is 30.7. The second kappa shape index (κ2) is 7.51. The van der Waals surface area contributed by atoms with Crippen LogP contribution in [-0.4, -0.2) is 41.0 Å². The first-order valence-electron chi connectivity index (χ1n) is 8.87. The molecular weight excluding hydrogens is 380 g/mol. The van der Waals surface area contributed by atoms with Crippen LogP contribution in [-0.2, 0) is 15.6 Å². The van der Waals surface area contributed by atoms with E-state index in [9.17, 15) is 13.2 Å². The topological polar surface area (TPSA) is 106 Å². The average Bonchev–Trinajstić information content (AvgIpc) is 3.38. The predicted molar refractivity (Wildman–Crippen MR) is 98.9 cm³/mol. The monoisotopic (exact) mass is 398 g/mol. The molecule has 1 aromatic carbocycles. The molecule has 4 rings (SSSR count). The molecule has 1 aliphatic rings. The molecule has 3 heterocycles. The highest BCUT2D eigenvalue weighted by Crippen LogP contribution is 2.33. The maximum absolute atomic E-state index is 12.7. The summed E-state index contributed by atoms with van der Waals surface area (Å²) >= 11 is 0. The summed E-state index contributed by atoms with van der Waals surface area (Å²) in [4.78, 5) is 18.4. The van der Waals surface area contributed by atoms with Crippen molar-refractivity contribution in [3.8, 4) is 0 Å². The van der Waals surface area contributed by atoms with Gasteiger partial charge in [-0.05, 0) is 30.5 Å². The third-order valence-corrected chi connectivity index (χ3v) is 5.98. The predicted octanol–water partition coefficient (Wildman–Crippen LogP) is 2.42. The molecule has 1 saturated heterocycles. The highest BCUT2D eigenvalue weighted by Gasteiger charge is 2.36. The lowest BCUT2D eigenvalue weighted by Gasteiger charge is -2.21. The second-order valence-electron chi connectivity index (χ2n) is 6.52. The van der Waals surface area contributed by atoms with Crippen molar-refractivity contribution in [2.45, 2.75) is 29.9 Å². The van der Waals surface area contributed by atoms with E-state index >= 15 is 0 Å². The molecule has 9 heteroatoms. The van der Waals surface area contributed by atoms with E-state index in [0.717, 1.165) is 6.42 Å². The fourth-order valence-electron chi connectivity index (χ4n) is 3.24. The van der Waals surface area contributed by atoms with E-state index in [1.54, 1.807) is 53.6 Å². The zero-order valence-corrected chi connectivity index (χ0v) is 15.7. The van der Waals surface area contributed by atoms with Crippen molar-refractivity contribution in [1.82, 2.24) is 20.1 Å². The summed E-state index contributed by atoms with van der Waals surface area (Å²) in [6.45, 7) is 0.522. The number of likely N-dealkylation sites (tertiary alicyclic amines) is 1. The molecule has 144 valence electrons. The number of sulfone groups is 1. The Hall–Kier alpha value is -3.07. The van der Waals surface area contributed by atoms with Gasteiger partial charge < -0.3 is 9.32 Å². The minimum absolute atomic E-state index is 0.133. The Morgan fingerprint density at radius 1 is 1.11 bits per heavy atom. The van der Waals surface area contributed by atoms with Gasteiger partial charge in [0.1, 0.15) is 11.7 Å². The Balaban J connectivity index is 1.55. The molecule has 0 radical (unpaired) electrons. The molecule has 3 aromatic rings. The van der Waals surface area contributed by atoms with Gasteiger partial charge in [0.25, 0.3) is 5.91 Å². The number of carbonyl (C=O) groups is 1. The normalized spacial score (nSPS) is 17.0. The Labute approximate surface area is 162 Å². The Bertz CT molecular complexity index is 1070. The van der Waals surface area contributed by atoms with Crippen LogP contribution in [0.2, 0.25) is 0 Å². The SMILES string of the molecule is O=C(c1ccccn1)N1CCC[C@H]1c1nnc(S(=O)(=O)Cc2ccccc2)o1. The number of rotatable bonds is 5. The smallest absolute Gasteiger partial charge is 0.335 e. The van der Waals surface area contributed by atoms with Crippen molar-refractivity contribution >= 4 is 15.7 Å². The third kappa shape index (κ3) is 3.65. The number of amides is 1. The van der Waals surface area contributed by atoms with Gasteiger partial charge in [-0.15, -0.1) is 5.10 Å². The Morgan fingerprint density at radius 3 is 2.64 bits per heavy atom. The summed E-state index contributed by atoms with van der Waals surface area (Å²) in [7, 11) is -3.77. The first-order valence-corrected chi connectivity index (χ1v) is 10.5. The second-order valence-corrected chi connectivity index (χ2v) is 8.39. The number of benzene rings is 1.